The number of aryl methyl sites for hydroxylation is 2. The second-order valence-electron chi connectivity index (χ2n) is 7.42. The van der Waals surface area contributed by atoms with Crippen molar-refractivity contribution in [2.45, 2.75) is 26.4 Å². The van der Waals surface area contributed by atoms with Gasteiger partial charge in [0.05, 0.1) is 19.0 Å². The predicted octanol–water partition coefficient (Wildman–Crippen LogP) is 6.50. The molecule has 0 bridgehead atoms. The van der Waals surface area contributed by atoms with Crippen molar-refractivity contribution in [1.82, 2.24) is 9.97 Å². The molecule has 0 saturated heterocycles. The van der Waals surface area contributed by atoms with Gasteiger partial charge in [0.1, 0.15) is 5.82 Å². The van der Waals surface area contributed by atoms with Gasteiger partial charge < -0.3 is 9.47 Å². The Morgan fingerprint density at radius 2 is 1.59 bits per heavy atom. The van der Waals surface area contributed by atoms with Crippen LogP contribution in [0.15, 0.2) is 54.9 Å². The van der Waals surface area contributed by atoms with Crippen molar-refractivity contribution in [2.75, 3.05) is 6.61 Å². The highest BCUT2D eigenvalue weighted by atomic mass is 19.3. The van der Waals surface area contributed by atoms with E-state index in [-0.39, 0.29) is 18.4 Å². The molecule has 4 rings (SSSR count). The van der Waals surface area contributed by atoms with E-state index >= 15 is 4.39 Å². The van der Waals surface area contributed by atoms with Gasteiger partial charge in [0, 0.05) is 10.9 Å². The Balaban J connectivity index is 1.53. The smallest absolute Gasteiger partial charge is 0.387 e. The van der Waals surface area contributed by atoms with Gasteiger partial charge in [0.25, 0.3) is 0 Å². The van der Waals surface area contributed by atoms with Gasteiger partial charge in [-0.15, -0.1) is 0 Å². The fraction of sp³-hybridized carbons (Fsp3) is 0.200. The molecular formula is C25H19F5N2O2. The Morgan fingerprint density at radius 3 is 2.24 bits per heavy atom. The SMILES string of the molecule is CCOc1cnc(-c2ccc3c(F)c(CCc4cc(F)c(OC(F)F)c(F)c4)ccc3c2)nc1. The third kappa shape index (κ3) is 5.08. The number of ether oxygens (including phenoxy) is 2. The zero-order valence-corrected chi connectivity index (χ0v) is 18.0. The normalized spacial score (nSPS) is 11.3. The molecule has 0 aliphatic heterocycles. The quantitative estimate of drug-likeness (QED) is 0.274. The minimum absolute atomic E-state index is 0.101. The number of hydrogen-bond acceptors (Lipinski definition) is 4. The van der Waals surface area contributed by atoms with Gasteiger partial charge in [-0.2, -0.15) is 8.78 Å². The Labute approximate surface area is 192 Å². The van der Waals surface area contributed by atoms with Gasteiger partial charge in [0.15, 0.2) is 29.0 Å². The number of nitrogens with zero attached hydrogens (tertiary/aromatic N) is 2. The maximum absolute atomic E-state index is 15.1. The van der Waals surface area contributed by atoms with Crippen molar-refractivity contribution in [2.24, 2.45) is 0 Å². The molecule has 9 heteroatoms. The predicted molar refractivity (Wildman–Crippen MR) is 116 cm³/mol. The van der Waals surface area contributed by atoms with Gasteiger partial charge in [-0.25, -0.2) is 23.1 Å². The lowest BCUT2D eigenvalue weighted by atomic mass is 9.98. The first-order chi connectivity index (χ1) is 16.4. The maximum atomic E-state index is 15.1. The summed E-state index contributed by atoms with van der Waals surface area (Å²) in [7, 11) is 0. The lowest BCUT2D eigenvalue weighted by molar-refractivity contribution is -0.0546. The summed E-state index contributed by atoms with van der Waals surface area (Å²) in [5.74, 6) is -3.04. The summed E-state index contributed by atoms with van der Waals surface area (Å²) < 4.78 is 76.7. The van der Waals surface area contributed by atoms with Gasteiger partial charge in [-0.05, 0) is 54.5 Å². The van der Waals surface area contributed by atoms with Crippen LogP contribution >= 0.6 is 0 Å². The van der Waals surface area contributed by atoms with Crippen molar-refractivity contribution in [3.8, 4) is 22.9 Å². The molecule has 0 unspecified atom stereocenters. The number of hydrogen-bond donors (Lipinski definition) is 0. The summed E-state index contributed by atoms with van der Waals surface area (Å²) in [5, 5.41) is 1.02. The molecule has 34 heavy (non-hydrogen) atoms. The van der Waals surface area contributed by atoms with E-state index in [0.29, 0.717) is 40.1 Å². The van der Waals surface area contributed by atoms with Crippen molar-refractivity contribution >= 4 is 10.8 Å². The van der Waals surface area contributed by atoms with E-state index in [0.717, 1.165) is 12.1 Å². The monoisotopic (exact) mass is 474 g/mol. The first kappa shape index (κ1) is 23.4. The molecule has 4 aromatic rings. The number of alkyl halides is 2. The molecule has 0 spiro atoms. The standard InChI is InChI=1S/C25H19F5N2O2/c1-2-33-18-12-31-24(32-13-18)17-7-8-19-16(11-17)6-5-15(22(19)28)4-3-14-9-20(26)23(21(27)10-14)34-25(29)30/h5-13,25H,2-4H2,1H3. The molecule has 176 valence electrons. The molecule has 0 aliphatic rings. The van der Waals surface area contributed by atoms with Crippen LogP contribution in [0.3, 0.4) is 0 Å². The lowest BCUT2D eigenvalue weighted by Gasteiger charge is -2.11. The molecule has 0 N–H and O–H groups in total. The van der Waals surface area contributed by atoms with E-state index in [1.54, 1.807) is 42.7 Å². The summed E-state index contributed by atoms with van der Waals surface area (Å²) >= 11 is 0. The van der Waals surface area contributed by atoms with Crippen LogP contribution in [0.1, 0.15) is 18.1 Å². The number of halogens is 5. The topological polar surface area (TPSA) is 44.2 Å². The van der Waals surface area contributed by atoms with Crippen molar-refractivity contribution in [3.63, 3.8) is 0 Å². The number of rotatable bonds is 8. The minimum Gasteiger partial charge on any atom is -0.491 e. The van der Waals surface area contributed by atoms with E-state index < -0.39 is 29.8 Å². The molecule has 1 aromatic heterocycles. The molecular weight excluding hydrogens is 455 g/mol. The molecule has 0 radical (unpaired) electrons. The van der Waals surface area contributed by atoms with Crippen LogP contribution < -0.4 is 9.47 Å². The molecule has 0 fully saturated rings. The summed E-state index contributed by atoms with van der Waals surface area (Å²) in [6.45, 7) is -0.983. The highest BCUT2D eigenvalue weighted by Gasteiger charge is 2.17. The molecule has 3 aromatic carbocycles. The van der Waals surface area contributed by atoms with E-state index in [1.807, 2.05) is 6.92 Å². The van der Waals surface area contributed by atoms with Gasteiger partial charge in [0.2, 0.25) is 0 Å². The highest BCUT2D eigenvalue weighted by molar-refractivity contribution is 5.87. The Bertz CT molecular complexity index is 1290. The van der Waals surface area contributed by atoms with Crippen molar-refractivity contribution < 1.29 is 31.4 Å². The highest BCUT2D eigenvalue weighted by Crippen LogP contribution is 2.29. The summed E-state index contributed by atoms with van der Waals surface area (Å²) in [4.78, 5) is 8.54. The van der Waals surface area contributed by atoms with Crippen LogP contribution in [0, 0.1) is 17.5 Å². The van der Waals surface area contributed by atoms with E-state index in [2.05, 4.69) is 14.7 Å². The fourth-order valence-corrected chi connectivity index (χ4v) is 3.61. The molecule has 0 amide bonds. The van der Waals surface area contributed by atoms with E-state index in [4.69, 9.17) is 4.74 Å². The third-order valence-electron chi connectivity index (χ3n) is 5.18. The van der Waals surface area contributed by atoms with Crippen LogP contribution in [0.2, 0.25) is 0 Å². The fourth-order valence-electron chi connectivity index (χ4n) is 3.61. The zero-order chi connectivity index (χ0) is 24.2. The second kappa shape index (κ2) is 10.0. The average Bonchev–Trinajstić information content (AvgIpc) is 2.81. The first-order valence-electron chi connectivity index (χ1n) is 10.4. The van der Waals surface area contributed by atoms with Crippen LogP contribution in [0.25, 0.3) is 22.2 Å². The van der Waals surface area contributed by atoms with Crippen LogP contribution in [-0.2, 0) is 12.8 Å². The largest absolute Gasteiger partial charge is 0.491 e. The van der Waals surface area contributed by atoms with Crippen LogP contribution in [-0.4, -0.2) is 23.2 Å². The Hall–Kier alpha value is -3.75. The molecule has 0 saturated carbocycles. The zero-order valence-electron chi connectivity index (χ0n) is 18.0. The van der Waals surface area contributed by atoms with Gasteiger partial charge in [-0.3, -0.25) is 0 Å². The van der Waals surface area contributed by atoms with Gasteiger partial charge in [-0.1, -0.05) is 24.3 Å². The average molecular weight is 474 g/mol. The minimum atomic E-state index is -3.34. The van der Waals surface area contributed by atoms with Gasteiger partial charge >= 0.3 is 6.61 Å². The Morgan fingerprint density at radius 1 is 0.882 bits per heavy atom. The number of benzene rings is 3. The van der Waals surface area contributed by atoms with Crippen molar-refractivity contribution in [3.05, 3.63) is 83.4 Å². The second-order valence-corrected chi connectivity index (χ2v) is 7.42. The lowest BCUT2D eigenvalue weighted by Crippen LogP contribution is -2.06. The number of fused-ring (bicyclic) bond motifs is 1. The van der Waals surface area contributed by atoms with E-state index in [9.17, 15) is 17.6 Å². The third-order valence-corrected chi connectivity index (χ3v) is 5.18. The summed E-state index contributed by atoms with van der Waals surface area (Å²) in [6, 6.07) is 10.3. The maximum Gasteiger partial charge on any atom is 0.387 e. The molecule has 0 atom stereocenters. The summed E-state index contributed by atoms with van der Waals surface area (Å²) in [5.41, 5.74) is 1.25. The van der Waals surface area contributed by atoms with Crippen LogP contribution in [0.4, 0.5) is 22.0 Å². The summed E-state index contributed by atoms with van der Waals surface area (Å²) in [6.07, 6.45) is 3.39. The first-order valence-corrected chi connectivity index (χ1v) is 10.4. The molecule has 4 nitrogen and oxygen atoms in total. The van der Waals surface area contributed by atoms with E-state index in [1.165, 1.54) is 0 Å². The Kier molecular flexibility index (Phi) is 6.90. The number of aromatic nitrogens is 2. The molecule has 1 heterocycles. The van der Waals surface area contributed by atoms with Crippen molar-refractivity contribution in [1.29, 1.82) is 0 Å². The van der Waals surface area contributed by atoms with Crippen LogP contribution in [0.5, 0.6) is 11.5 Å². The molecule has 0 aliphatic carbocycles.